The standard InChI is InChI=1S/C14H18F2O2/c1-4-12(13(17)18-3)10-7-6-8-11(9-10)14(15,16)5-2/h6-9,12H,4-5H2,1-3H3. The van der Waals surface area contributed by atoms with Gasteiger partial charge in [0.05, 0.1) is 13.0 Å². The largest absolute Gasteiger partial charge is 0.469 e. The number of rotatable bonds is 5. The van der Waals surface area contributed by atoms with Crippen molar-refractivity contribution in [2.24, 2.45) is 0 Å². The van der Waals surface area contributed by atoms with Crippen molar-refractivity contribution in [3.05, 3.63) is 35.4 Å². The molecule has 0 aliphatic heterocycles. The van der Waals surface area contributed by atoms with E-state index in [4.69, 9.17) is 0 Å². The molecule has 1 aromatic rings. The van der Waals surface area contributed by atoms with Gasteiger partial charge < -0.3 is 4.74 Å². The van der Waals surface area contributed by atoms with Gasteiger partial charge >= 0.3 is 5.97 Å². The molecule has 0 heterocycles. The third kappa shape index (κ3) is 3.06. The zero-order valence-electron chi connectivity index (χ0n) is 10.9. The van der Waals surface area contributed by atoms with E-state index in [2.05, 4.69) is 4.74 Å². The third-order valence-electron chi connectivity index (χ3n) is 3.05. The smallest absolute Gasteiger partial charge is 0.313 e. The quantitative estimate of drug-likeness (QED) is 0.748. The predicted molar refractivity (Wildman–Crippen MR) is 65.7 cm³/mol. The van der Waals surface area contributed by atoms with Crippen molar-refractivity contribution in [2.75, 3.05) is 7.11 Å². The average Bonchev–Trinajstić information content (AvgIpc) is 2.39. The molecule has 0 amide bonds. The molecule has 0 aromatic heterocycles. The van der Waals surface area contributed by atoms with Crippen molar-refractivity contribution >= 4 is 5.97 Å². The van der Waals surface area contributed by atoms with Crippen LogP contribution in [0.2, 0.25) is 0 Å². The molecule has 0 aliphatic rings. The van der Waals surface area contributed by atoms with Gasteiger partial charge in [-0.15, -0.1) is 0 Å². The summed E-state index contributed by atoms with van der Waals surface area (Å²) in [5.74, 6) is -3.73. The SMILES string of the molecule is CCC(C(=O)OC)c1cccc(C(F)(F)CC)c1. The number of esters is 1. The molecule has 18 heavy (non-hydrogen) atoms. The molecule has 0 aliphatic carbocycles. The molecule has 0 saturated heterocycles. The average molecular weight is 256 g/mol. The Balaban J connectivity index is 3.11. The number of hydrogen-bond acceptors (Lipinski definition) is 2. The maximum Gasteiger partial charge on any atom is 0.313 e. The van der Waals surface area contributed by atoms with Crippen LogP contribution in [0.1, 0.15) is 43.7 Å². The van der Waals surface area contributed by atoms with Crippen molar-refractivity contribution < 1.29 is 18.3 Å². The Kier molecular flexibility index (Phi) is 4.82. The van der Waals surface area contributed by atoms with Gasteiger partial charge in [0.1, 0.15) is 0 Å². The molecule has 0 radical (unpaired) electrons. The van der Waals surface area contributed by atoms with Crippen LogP contribution >= 0.6 is 0 Å². The molecule has 0 fully saturated rings. The van der Waals surface area contributed by atoms with Crippen LogP contribution in [-0.4, -0.2) is 13.1 Å². The maximum atomic E-state index is 13.6. The van der Waals surface area contributed by atoms with Crippen LogP contribution in [0.5, 0.6) is 0 Å². The Morgan fingerprint density at radius 1 is 1.39 bits per heavy atom. The van der Waals surface area contributed by atoms with Crippen molar-refractivity contribution in [1.29, 1.82) is 0 Å². The summed E-state index contributed by atoms with van der Waals surface area (Å²) in [6, 6.07) is 6.02. The van der Waals surface area contributed by atoms with Gasteiger partial charge in [-0.2, -0.15) is 0 Å². The lowest BCUT2D eigenvalue weighted by Crippen LogP contribution is -2.16. The van der Waals surface area contributed by atoms with E-state index in [9.17, 15) is 13.6 Å². The Morgan fingerprint density at radius 2 is 2.06 bits per heavy atom. The fourth-order valence-electron chi connectivity index (χ4n) is 1.87. The number of ether oxygens (including phenoxy) is 1. The molecule has 1 aromatic carbocycles. The number of carbonyl (C=O) groups is 1. The van der Waals surface area contributed by atoms with Crippen LogP contribution in [0.4, 0.5) is 8.78 Å². The van der Waals surface area contributed by atoms with E-state index >= 15 is 0 Å². The van der Waals surface area contributed by atoms with Crippen LogP contribution in [-0.2, 0) is 15.5 Å². The summed E-state index contributed by atoms with van der Waals surface area (Å²) in [7, 11) is 1.30. The molecule has 0 N–H and O–H groups in total. The number of methoxy groups -OCH3 is 1. The minimum atomic E-state index is -2.86. The van der Waals surface area contributed by atoms with Gasteiger partial charge in [-0.1, -0.05) is 32.0 Å². The zero-order valence-corrected chi connectivity index (χ0v) is 10.9. The number of halogens is 2. The first kappa shape index (κ1) is 14.6. The molecule has 0 spiro atoms. The molecule has 100 valence electrons. The summed E-state index contributed by atoms with van der Waals surface area (Å²) >= 11 is 0. The van der Waals surface area contributed by atoms with Gasteiger partial charge in [0.25, 0.3) is 5.92 Å². The first-order valence-electron chi connectivity index (χ1n) is 6.02. The monoisotopic (exact) mass is 256 g/mol. The van der Waals surface area contributed by atoms with E-state index in [1.165, 1.54) is 26.2 Å². The highest BCUT2D eigenvalue weighted by atomic mass is 19.3. The minimum Gasteiger partial charge on any atom is -0.469 e. The van der Waals surface area contributed by atoms with E-state index in [0.717, 1.165) is 0 Å². The lowest BCUT2D eigenvalue weighted by atomic mass is 9.93. The van der Waals surface area contributed by atoms with E-state index in [1.807, 2.05) is 6.92 Å². The number of hydrogen-bond donors (Lipinski definition) is 0. The van der Waals surface area contributed by atoms with Gasteiger partial charge in [-0.25, -0.2) is 8.78 Å². The highest BCUT2D eigenvalue weighted by Gasteiger charge is 2.30. The summed E-state index contributed by atoms with van der Waals surface area (Å²) in [5, 5.41) is 0. The van der Waals surface area contributed by atoms with Crippen molar-refractivity contribution in [2.45, 2.75) is 38.5 Å². The molecule has 2 nitrogen and oxygen atoms in total. The van der Waals surface area contributed by atoms with Gasteiger partial charge in [-0.3, -0.25) is 4.79 Å². The van der Waals surface area contributed by atoms with Crippen LogP contribution in [0.15, 0.2) is 24.3 Å². The normalized spacial score (nSPS) is 13.2. The second kappa shape index (κ2) is 5.94. The lowest BCUT2D eigenvalue weighted by molar-refractivity contribution is -0.142. The van der Waals surface area contributed by atoms with Gasteiger partial charge in [0.15, 0.2) is 0 Å². The van der Waals surface area contributed by atoms with E-state index < -0.39 is 17.8 Å². The number of carbonyl (C=O) groups excluding carboxylic acids is 1. The number of alkyl halides is 2. The zero-order chi connectivity index (χ0) is 13.8. The summed E-state index contributed by atoms with van der Waals surface area (Å²) in [5.41, 5.74) is 0.528. The minimum absolute atomic E-state index is 0.0511. The molecule has 1 atom stereocenters. The highest BCUT2D eigenvalue weighted by molar-refractivity contribution is 5.78. The van der Waals surface area contributed by atoms with Crippen molar-refractivity contribution in [1.82, 2.24) is 0 Å². The van der Waals surface area contributed by atoms with E-state index in [1.54, 1.807) is 12.1 Å². The Morgan fingerprint density at radius 3 is 2.56 bits per heavy atom. The first-order valence-corrected chi connectivity index (χ1v) is 6.02. The highest BCUT2D eigenvalue weighted by Crippen LogP contribution is 2.33. The Labute approximate surface area is 106 Å². The number of benzene rings is 1. The Bertz CT molecular complexity index is 416. The molecular formula is C14H18F2O2. The fourth-order valence-corrected chi connectivity index (χ4v) is 1.87. The van der Waals surface area contributed by atoms with Gasteiger partial charge in [-0.05, 0) is 18.1 Å². The predicted octanol–water partition coefficient (Wildman–Crippen LogP) is 3.86. The summed E-state index contributed by atoms with van der Waals surface area (Å²) in [6.07, 6.45) is 0.263. The Hall–Kier alpha value is -1.45. The summed E-state index contributed by atoms with van der Waals surface area (Å²) in [6.45, 7) is 3.26. The van der Waals surface area contributed by atoms with Crippen LogP contribution < -0.4 is 0 Å². The fraction of sp³-hybridized carbons (Fsp3) is 0.500. The van der Waals surface area contributed by atoms with E-state index in [0.29, 0.717) is 12.0 Å². The molecular weight excluding hydrogens is 238 g/mol. The van der Waals surface area contributed by atoms with Crippen molar-refractivity contribution in [3.63, 3.8) is 0 Å². The first-order chi connectivity index (χ1) is 8.46. The van der Waals surface area contributed by atoms with Crippen LogP contribution in [0.25, 0.3) is 0 Å². The maximum absolute atomic E-state index is 13.6. The second-order valence-electron chi connectivity index (χ2n) is 4.17. The molecule has 0 bridgehead atoms. The van der Waals surface area contributed by atoms with Gasteiger partial charge in [0, 0.05) is 12.0 Å². The van der Waals surface area contributed by atoms with Crippen molar-refractivity contribution in [3.8, 4) is 0 Å². The van der Waals surface area contributed by atoms with Crippen LogP contribution in [0.3, 0.4) is 0 Å². The van der Waals surface area contributed by atoms with Crippen LogP contribution in [0, 0.1) is 0 Å². The lowest BCUT2D eigenvalue weighted by Gasteiger charge is -2.18. The van der Waals surface area contributed by atoms with Gasteiger partial charge in [0.2, 0.25) is 0 Å². The summed E-state index contributed by atoms with van der Waals surface area (Å²) < 4.78 is 31.9. The molecule has 4 heteroatoms. The van der Waals surface area contributed by atoms with E-state index in [-0.39, 0.29) is 12.0 Å². The topological polar surface area (TPSA) is 26.3 Å². The molecule has 1 unspecified atom stereocenters. The molecule has 0 saturated carbocycles. The second-order valence-corrected chi connectivity index (χ2v) is 4.17. The summed E-state index contributed by atoms with van der Waals surface area (Å²) in [4.78, 5) is 11.6. The molecule has 1 rings (SSSR count). The third-order valence-corrected chi connectivity index (χ3v) is 3.05.